The first-order chi connectivity index (χ1) is 8.72. The van der Waals surface area contributed by atoms with Gasteiger partial charge in [-0.2, -0.15) is 11.8 Å². The molecule has 0 spiro atoms. The lowest BCUT2D eigenvalue weighted by molar-refractivity contribution is 0.347. The smallest absolute Gasteiger partial charge is 0.183 e. The van der Waals surface area contributed by atoms with Gasteiger partial charge < -0.3 is 14.8 Å². The zero-order valence-corrected chi connectivity index (χ0v) is 12.3. The Morgan fingerprint density at radius 1 is 1.39 bits per heavy atom. The van der Waals surface area contributed by atoms with E-state index in [1.807, 2.05) is 11.8 Å². The number of rotatable bonds is 8. The average Bonchev–Trinajstić information content (AvgIpc) is 2.41. The Hall–Kier alpha value is -0.940. The quantitative estimate of drug-likeness (QED) is 0.785. The van der Waals surface area contributed by atoms with Gasteiger partial charge in [0, 0.05) is 24.8 Å². The zero-order chi connectivity index (χ0) is 13.4. The predicted octanol–water partition coefficient (Wildman–Crippen LogP) is 2.33. The number of nitrogens with zero attached hydrogens (tertiary/aromatic N) is 1. The molecule has 102 valence electrons. The minimum atomic E-state index is 0.468. The number of nitrogens with one attached hydrogen (secondary N) is 1. The molecule has 0 saturated carbocycles. The van der Waals surface area contributed by atoms with Gasteiger partial charge in [-0.25, -0.2) is 0 Å². The molecule has 0 radical (unpaired) electrons. The molecule has 0 saturated heterocycles. The van der Waals surface area contributed by atoms with Gasteiger partial charge in [-0.15, -0.1) is 0 Å². The van der Waals surface area contributed by atoms with Gasteiger partial charge >= 0.3 is 0 Å². The number of thioether (sulfide) groups is 1. The highest BCUT2D eigenvalue weighted by molar-refractivity contribution is 7.98. The monoisotopic (exact) mass is 270 g/mol. The fourth-order valence-corrected chi connectivity index (χ4v) is 2.23. The van der Waals surface area contributed by atoms with Crippen LogP contribution in [0, 0.1) is 0 Å². The van der Waals surface area contributed by atoms with E-state index in [0.29, 0.717) is 18.3 Å². The van der Waals surface area contributed by atoms with Crippen LogP contribution < -0.4 is 14.8 Å². The Labute approximate surface area is 113 Å². The summed E-state index contributed by atoms with van der Waals surface area (Å²) in [5.74, 6) is 2.60. The standard InChI is InChI=1S/C13H22N2O2S/c1-10(6-8-18-4)15-9-11-13(17-3)12(16-2)5-7-14-11/h5,7,10,15H,6,8-9H2,1-4H3. The third kappa shape index (κ3) is 4.38. The van der Waals surface area contributed by atoms with Crippen molar-refractivity contribution in [3.8, 4) is 11.5 Å². The average molecular weight is 270 g/mol. The van der Waals surface area contributed by atoms with Crippen LogP contribution >= 0.6 is 11.8 Å². The largest absolute Gasteiger partial charge is 0.493 e. The van der Waals surface area contributed by atoms with Gasteiger partial charge in [0.15, 0.2) is 11.5 Å². The van der Waals surface area contributed by atoms with Gasteiger partial charge in [-0.05, 0) is 25.4 Å². The Kier molecular flexibility index (Phi) is 6.90. The summed E-state index contributed by atoms with van der Waals surface area (Å²) >= 11 is 1.87. The van der Waals surface area contributed by atoms with Crippen molar-refractivity contribution < 1.29 is 9.47 Å². The second kappa shape index (κ2) is 8.21. The van der Waals surface area contributed by atoms with Gasteiger partial charge in [-0.3, -0.25) is 4.98 Å². The summed E-state index contributed by atoms with van der Waals surface area (Å²) in [6.45, 7) is 2.87. The van der Waals surface area contributed by atoms with Crippen LogP contribution in [-0.2, 0) is 6.54 Å². The van der Waals surface area contributed by atoms with E-state index >= 15 is 0 Å². The molecular formula is C13H22N2O2S. The van der Waals surface area contributed by atoms with Gasteiger partial charge in [0.2, 0.25) is 0 Å². The minimum Gasteiger partial charge on any atom is -0.493 e. The Morgan fingerprint density at radius 2 is 2.17 bits per heavy atom. The molecule has 0 aromatic carbocycles. The van der Waals surface area contributed by atoms with E-state index in [2.05, 4.69) is 23.5 Å². The molecule has 1 aromatic rings. The van der Waals surface area contributed by atoms with Crippen molar-refractivity contribution in [3.05, 3.63) is 18.0 Å². The van der Waals surface area contributed by atoms with Gasteiger partial charge in [-0.1, -0.05) is 0 Å². The first-order valence-corrected chi connectivity index (χ1v) is 7.40. The van der Waals surface area contributed by atoms with E-state index in [4.69, 9.17) is 9.47 Å². The summed E-state index contributed by atoms with van der Waals surface area (Å²) in [5, 5.41) is 3.45. The topological polar surface area (TPSA) is 43.4 Å². The van der Waals surface area contributed by atoms with E-state index in [-0.39, 0.29) is 0 Å². The number of ether oxygens (including phenoxy) is 2. The highest BCUT2D eigenvalue weighted by Gasteiger charge is 2.11. The summed E-state index contributed by atoms with van der Waals surface area (Å²) < 4.78 is 10.6. The van der Waals surface area contributed by atoms with E-state index in [0.717, 1.165) is 23.6 Å². The van der Waals surface area contributed by atoms with Crippen LogP contribution in [0.3, 0.4) is 0 Å². The fraction of sp³-hybridized carbons (Fsp3) is 0.615. The van der Waals surface area contributed by atoms with Crippen molar-refractivity contribution in [2.45, 2.75) is 25.9 Å². The van der Waals surface area contributed by atoms with Crippen LogP contribution in [0.2, 0.25) is 0 Å². The van der Waals surface area contributed by atoms with E-state index in [1.54, 1.807) is 26.5 Å². The van der Waals surface area contributed by atoms with Crippen LogP contribution in [0.15, 0.2) is 12.3 Å². The molecular weight excluding hydrogens is 248 g/mol. The number of aromatic nitrogens is 1. The van der Waals surface area contributed by atoms with Crippen molar-refractivity contribution in [1.29, 1.82) is 0 Å². The molecule has 0 fully saturated rings. The van der Waals surface area contributed by atoms with E-state index in [9.17, 15) is 0 Å². The van der Waals surface area contributed by atoms with Crippen LogP contribution in [0.5, 0.6) is 11.5 Å². The Morgan fingerprint density at radius 3 is 2.78 bits per heavy atom. The van der Waals surface area contributed by atoms with Crippen LogP contribution in [0.4, 0.5) is 0 Å². The molecule has 0 aliphatic carbocycles. The lowest BCUT2D eigenvalue weighted by Gasteiger charge is -2.15. The molecule has 0 amide bonds. The summed E-state index contributed by atoms with van der Waals surface area (Å²) in [5.41, 5.74) is 0.882. The second-order valence-corrected chi connectivity index (χ2v) is 5.04. The van der Waals surface area contributed by atoms with Crippen molar-refractivity contribution in [3.63, 3.8) is 0 Å². The maximum Gasteiger partial charge on any atom is 0.183 e. The normalized spacial score (nSPS) is 12.2. The highest BCUT2D eigenvalue weighted by atomic mass is 32.2. The van der Waals surface area contributed by atoms with Crippen LogP contribution in [0.1, 0.15) is 19.0 Å². The lowest BCUT2D eigenvalue weighted by atomic mass is 10.2. The Bertz CT molecular complexity index is 361. The third-order valence-corrected chi connectivity index (χ3v) is 3.38. The summed E-state index contributed by atoms with van der Waals surface area (Å²) in [6, 6.07) is 2.27. The highest BCUT2D eigenvalue weighted by Crippen LogP contribution is 2.28. The number of hydrogen-bond donors (Lipinski definition) is 1. The fourth-order valence-electron chi connectivity index (χ4n) is 1.64. The van der Waals surface area contributed by atoms with Crippen LogP contribution in [-0.4, -0.2) is 37.3 Å². The number of pyridine rings is 1. The first-order valence-electron chi connectivity index (χ1n) is 6.01. The molecule has 1 aromatic heterocycles. The van der Waals surface area contributed by atoms with Gasteiger partial charge in [0.05, 0.1) is 19.9 Å². The maximum atomic E-state index is 5.35. The van der Waals surface area contributed by atoms with Gasteiger partial charge in [0.1, 0.15) is 0 Å². The zero-order valence-electron chi connectivity index (χ0n) is 11.5. The number of hydrogen-bond acceptors (Lipinski definition) is 5. The van der Waals surface area contributed by atoms with Crippen molar-refractivity contribution >= 4 is 11.8 Å². The van der Waals surface area contributed by atoms with E-state index in [1.165, 1.54) is 0 Å². The SMILES string of the molecule is COc1ccnc(CNC(C)CCSC)c1OC. The van der Waals surface area contributed by atoms with Crippen molar-refractivity contribution in [2.24, 2.45) is 0 Å². The molecule has 1 atom stereocenters. The molecule has 0 bridgehead atoms. The molecule has 0 aliphatic heterocycles. The predicted molar refractivity (Wildman–Crippen MR) is 76.6 cm³/mol. The molecule has 1 N–H and O–H groups in total. The molecule has 0 aliphatic rings. The molecule has 4 nitrogen and oxygen atoms in total. The van der Waals surface area contributed by atoms with Crippen molar-refractivity contribution in [2.75, 3.05) is 26.2 Å². The van der Waals surface area contributed by atoms with Crippen LogP contribution in [0.25, 0.3) is 0 Å². The minimum absolute atomic E-state index is 0.468. The summed E-state index contributed by atoms with van der Waals surface area (Å²) in [7, 11) is 3.27. The molecule has 1 heterocycles. The summed E-state index contributed by atoms with van der Waals surface area (Å²) in [4.78, 5) is 4.34. The molecule has 5 heteroatoms. The van der Waals surface area contributed by atoms with E-state index < -0.39 is 0 Å². The third-order valence-electron chi connectivity index (χ3n) is 2.74. The lowest BCUT2D eigenvalue weighted by Crippen LogP contribution is -2.26. The Balaban J connectivity index is 2.61. The first kappa shape index (κ1) is 15.1. The molecule has 18 heavy (non-hydrogen) atoms. The van der Waals surface area contributed by atoms with Gasteiger partial charge in [0.25, 0.3) is 0 Å². The number of methoxy groups -OCH3 is 2. The second-order valence-electron chi connectivity index (χ2n) is 4.06. The maximum absolute atomic E-state index is 5.35. The molecule has 1 unspecified atom stereocenters. The van der Waals surface area contributed by atoms with Crippen molar-refractivity contribution in [1.82, 2.24) is 10.3 Å². The summed E-state index contributed by atoms with van der Waals surface area (Å²) in [6.07, 6.45) is 5.01. The molecule has 1 rings (SSSR count).